The lowest BCUT2D eigenvalue weighted by Crippen LogP contribution is -2.50. The number of carbonyl (C=O) groups is 1. The van der Waals surface area contributed by atoms with E-state index in [0.29, 0.717) is 31.5 Å². The Morgan fingerprint density at radius 3 is 2.71 bits per heavy atom. The van der Waals surface area contributed by atoms with Crippen LogP contribution in [0.25, 0.3) is 5.52 Å². The highest BCUT2D eigenvalue weighted by molar-refractivity contribution is 7.99. The molecule has 6 rings (SSSR count). The number of nitrogens with one attached hydrogen (secondary N) is 1. The first-order chi connectivity index (χ1) is 18.5. The third-order valence-electron chi connectivity index (χ3n) is 6.54. The van der Waals surface area contributed by atoms with Gasteiger partial charge in [-0.1, -0.05) is 42.1 Å². The third kappa shape index (κ3) is 5.00. The number of benzene rings is 2. The van der Waals surface area contributed by atoms with E-state index in [1.165, 1.54) is 16.1 Å². The Morgan fingerprint density at radius 2 is 1.87 bits per heavy atom. The molecule has 9 nitrogen and oxygen atoms in total. The van der Waals surface area contributed by atoms with Crippen LogP contribution in [0.2, 0.25) is 0 Å². The van der Waals surface area contributed by atoms with Crippen molar-refractivity contribution in [3.8, 4) is 0 Å². The van der Waals surface area contributed by atoms with Crippen molar-refractivity contribution in [2.45, 2.75) is 27.7 Å². The van der Waals surface area contributed by atoms with Crippen LogP contribution >= 0.6 is 11.8 Å². The zero-order valence-electron chi connectivity index (χ0n) is 20.3. The van der Waals surface area contributed by atoms with Gasteiger partial charge in [0.1, 0.15) is 11.4 Å². The second-order valence-electron chi connectivity index (χ2n) is 9.21. The molecule has 0 unspecified atom stereocenters. The second kappa shape index (κ2) is 10.2. The van der Waals surface area contributed by atoms with Crippen LogP contribution in [0.5, 0.6) is 0 Å². The van der Waals surface area contributed by atoms with Gasteiger partial charge in [-0.25, -0.2) is 17.9 Å². The molecular weight excluding hydrogens is 520 g/mol. The molecule has 2 aromatic carbocycles. The molecular formula is C27H24N6O3S2. The average Bonchev–Trinajstić information content (AvgIpc) is 3.56. The number of rotatable bonds is 9. The van der Waals surface area contributed by atoms with E-state index in [1.54, 1.807) is 47.2 Å². The summed E-state index contributed by atoms with van der Waals surface area (Å²) in [6.45, 7) is 0.713. The molecule has 11 heteroatoms. The average molecular weight is 545 g/mol. The highest BCUT2D eigenvalue weighted by Gasteiger charge is 2.37. The van der Waals surface area contributed by atoms with E-state index in [4.69, 9.17) is 0 Å². The van der Waals surface area contributed by atoms with Gasteiger partial charge in [-0.3, -0.25) is 9.89 Å². The van der Waals surface area contributed by atoms with Gasteiger partial charge in [0.25, 0.3) is 0 Å². The van der Waals surface area contributed by atoms with Crippen molar-refractivity contribution in [1.29, 1.82) is 0 Å². The summed E-state index contributed by atoms with van der Waals surface area (Å²) < 4.78 is 28.6. The van der Waals surface area contributed by atoms with E-state index in [9.17, 15) is 13.2 Å². The molecule has 0 bridgehead atoms. The summed E-state index contributed by atoms with van der Waals surface area (Å²) in [6.07, 6.45) is 4.34. The number of hydrogen-bond acceptors (Lipinski definition) is 7. The van der Waals surface area contributed by atoms with Crippen LogP contribution in [-0.4, -0.2) is 56.4 Å². The first kappa shape index (κ1) is 24.5. The Labute approximate surface area is 224 Å². The fraction of sp³-hybridized carbons (Fsp3) is 0.185. The van der Waals surface area contributed by atoms with Gasteiger partial charge in [-0.05, 0) is 48.4 Å². The molecule has 0 amide bonds. The van der Waals surface area contributed by atoms with Gasteiger partial charge in [-0.2, -0.15) is 14.5 Å². The summed E-state index contributed by atoms with van der Waals surface area (Å²) in [5.74, 6) is 0.0250. The topological polar surface area (TPSA) is 113 Å². The predicted octanol–water partition coefficient (Wildman–Crippen LogP) is 4.09. The number of sulfonamides is 1. The molecule has 1 aliphatic rings. The molecule has 5 aromatic rings. The minimum atomic E-state index is -3.50. The number of aromatic nitrogens is 5. The van der Waals surface area contributed by atoms with Gasteiger partial charge in [0.2, 0.25) is 10.0 Å². The van der Waals surface area contributed by atoms with Crippen molar-refractivity contribution in [3.63, 3.8) is 0 Å². The number of nitrogens with zero attached hydrogens (tertiary/aromatic N) is 5. The number of ketones is 1. The Morgan fingerprint density at radius 1 is 1.03 bits per heavy atom. The smallest absolute Gasteiger partial charge is 0.243 e. The maximum Gasteiger partial charge on any atom is 0.243 e. The lowest BCUT2D eigenvalue weighted by atomic mass is 9.94. The van der Waals surface area contributed by atoms with Crippen molar-refractivity contribution >= 4 is 33.1 Å². The Hall–Kier alpha value is -3.80. The van der Waals surface area contributed by atoms with Gasteiger partial charge < -0.3 is 0 Å². The normalized spacial score (nSPS) is 14.5. The molecule has 1 saturated heterocycles. The molecule has 1 aliphatic heterocycles. The Kier molecular flexibility index (Phi) is 6.56. The third-order valence-corrected chi connectivity index (χ3v) is 9.29. The Balaban J connectivity index is 1.06. The summed E-state index contributed by atoms with van der Waals surface area (Å²) in [6, 6.07) is 21.8. The first-order valence-electron chi connectivity index (χ1n) is 12.1. The number of fused-ring (bicyclic) bond motifs is 1. The summed E-state index contributed by atoms with van der Waals surface area (Å²) >= 11 is 1.48. The summed E-state index contributed by atoms with van der Waals surface area (Å²) in [5, 5.41) is 12.5. The molecule has 4 heterocycles. The van der Waals surface area contributed by atoms with E-state index >= 15 is 0 Å². The van der Waals surface area contributed by atoms with E-state index in [1.807, 2.05) is 42.6 Å². The summed E-state index contributed by atoms with van der Waals surface area (Å²) in [4.78, 5) is 18.6. The number of carbonyl (C=O) groups excluding carboxylic acids is 1. The van der Waals surface area contributed by atoms with Gasteiger partial charge in [-0.15, -0.1) is 0 Å². The molecule has 0 radical (unpaired) electrons. The Bertz CT molecular complexity index is 1710. The van der Waals surface area contributed by atoms with E-state index < -0.39 is 10.0 Å². The zero-order valence-corrected chi connectivity index (χ0v) is 21.9. The number of H-pyrrole nitrogens is 1. The number of Topliss-reactive ketones (excluding diaryl/α,β-unsaturated/α-hetero) is 1. The predicted molar refractivity (Wildman–Crippen MR) is 143 cm³/mol. The summed E-state index contributed by atoms with van der Waals surface area (Å²) in [5.41, 5.74) is 3.41. The van der Waals surface area contributed by atoms with E-state index in [-0.39, 0.29) is 16.6 Å². The monoisotopic (exact) mass is 544 g/mol. The number of hydrogen-bond donors (Lipinski definition) is 1. The van der Waals surface area contributed by atoms with Gasteiger partial charge in [0.15, 0.2) is 5.78 Å². The van der Waals surface area contributed by atoms with Crippen LogP contribution in [0.3, 0.4) is 0 Å². The lowest BCUT2D eigenvalue weighted by Gasteiger charge is -2.37. The van der Waals surface area contributed by atoms with E-state index in [2.05, 4.69) is 20.3 Å². The SMILES string of the molecule is O=C(CC1CN(S(=O)(=O)c2ccccc2)C1)c1cccc(Sc2cc(Cc3ncnn4cccc34)[nH]n2)c1. The molecule has 192 valence electrons. The van der Waals surface area contributed by atoms with Crippen LogP contribution in [0.4, 0.5) is 0 Å². The van der Waals surface area contributed by atoms with Gasteiger partial charge >= 0.3 is 0 Å². The fourth-order valence-corrected chi connectivity index (χ4v) is 7.02. The second-order valence-corrected chi connectivity index (χ2v) is 12.2. The molecule has 1 fully saturated rings. The highest BCUT2D eigenvalue weighted by Crippen LogP contribution is 2.30. The molecule has 0 spiro atoms. The molecule has 0 aliphatic carbocycles. The van der Waals surface area contributed by atoms with Gasteiger partial charge in [0, 0.05) is 48.3 Å². The standard InChI is InChI=1S/C27H24N6O3S2/c34-26(12-19-16-32(17-19)38(35,36)23-8-2-1-3-9-23)20-6-4-7-22(13-20)37-27-15-21(30-31-27)14-24-25-10-5-11-33(25)29-18-28-24/h1-11,13,15,18-19H,12,14,16-17H2,(H,30,31). The lowest BCUT2D eigenvalue weighted by molar-refractivity contribution is 0.0905. The fourth-order valence-electron chi connectivity index (χ4n) is 4.54. The summed E-state index contributed by atoms with van der Waals surface area (Å²) in [7, 11) is -3.50. The van der Waals surface area contributed by atoms with Crippen molar-refractivity contribution in [1.82, 2.24) is 29.1 Å². The molecule has 0 atom stereocenters. The van der Waals surface area contributed by atoms with Crippen molar-refractivity contribution in [2.75, 3.05) is 13.1 Å². The zero-order chi connectivity index (χ0) is 26.1. The van der Waals surface area contributed by atoms with Gasteiger partial charge in [0.05, 0.1) is 16.1 Å². The van der Waals surface area contributed by atoms with Crippen LogP contribution in [-0.2, 0) is 16.4 Å². The van der Waals surface area contributed by atoms with E-state index in [0.717, 1.165) is 26.8 Å². The van der Waals surface area contributed by atoms with Crippen molar-refractivity contribution in [2.24, 2.45) is 5.92 Å². The largest absolute Gasteiger partial charge is 0.294 e. The van der Waals surface area contributed by atoms with Crippen LogP contribution in [0, 0.1) is 5.92 Å². The highest BCUT2D eigenvalue weighted by atomic mass is 32.2. The van der Waals surface area contributed by atoms with Crippen LogP contribution < -0.4 is 0 Å². The van der Waals surface area contributed by atoms with Crippen LogP contribution in [0.15, 0.2) is 100 Å². The molecule has 3 aromatic heterocycles. The van der Waals surface area contributed by atoms with Crippen molar-refractivity contribution in [3.05, 3.63) is 102 Å². The van der Waals surface area contributed by atoms with Crippen molar-refractivity contribution < 1.29 is 13.2 Å². The maximum atomic E-state index is 13.0. The van der Waals surface area contributed by atoms with Crippen LogP contribution in [0.1, 0.15) is 28.2 Å². The minimum absolute atomic E-state index is 0.0110. The minimum Gasteiger partial charge on any atom is -0.294 e. The molecule has 0 saturated carbocycles. The molecule has 38 heavy (non-hydrogen) atoms. The number of aromatic amines is 1. The maximum absolute atomic E-state index is 13.0. The first-order valence-corrected chi connectivity index (χ1v) is 14.4. The quantitative estimate of drug-likeness (QED) is 0.278. The molecule has 1 N–H and O–H groups in total.